The predicted molar refractivity (Wildman–Crippen MR) is 36.0 cm³/mol. The number of hydrogen-bond donors (Lipinski definition) is 1. The zero-order chi connectivity index (χ0) is 9.28. The number of rotatable bonds is 0. The molecule has 2 N–H and O–H groups in total. The third-order valence-corrected chi connectivity index (χ3v) is 0.535. The zero-order valence-corrected chi connectivity index (χ0v) is 6.62. The van der Waals surface area contributed by atoms with Crippen molar-refractivity contribution in [2.75, 3.05) is 21.3 Å². The first-order valence-corrected chi connectivity index (χ1v) is 2.53. The van der Waals surface area contributed by atoms with Gasteiger partial charge in [-0.2, -0.15) is 0 Å². The van der Waals surface area contributed by atoms with Gasteiger partial charge in [-0.3, -0.25) is 0 Å². The lowest BCUT2D eigenvalue weighted by Gasteiger charge is -1.89. The van der Waals surface area contributed by atoms with Crippen molar-refractivity contribution < 1.29 is 23.8 Å². The Morgan fingerprint density at radius 2 is 1.27 bits per heavy atom. The lowest BCUT2D eigenvalue weighted by molar-refractivity contribution is 0.0924. The van der Waals surface area contributed by atoms with E-state index in [4.69, 9.17) is 0 Å². The first-order chi connectivity index (χ1) is 5.08. The molecule has 0 saturated heterocycles. The van der Waals surface area contributed by atoms with E-state index in [0.717, 1.165) is 0 Å². The molecule has 0 saturated carbocycles. The van der Waals surface area contributed by atoms with Crippen molar-refractivity contribution in [2.24, 2.45) is 5.73 Å². The summed E-state index contributed by atoms with van der Waals surface area (Å²) in [5, 5.41) is 0. The fraction of sp³-hybridized carbons (Fsp3) is 0.600. The molecule has 1 amide bonds. The highest BCUT2D eigenvalue weighted by atomic mass is 16.7. The molecular formula is C5H11NO5. The third kappa shape index (κ3) is 17.7. The molecule has 0 unspecified atom stereocenters. The van der Waals surface area contributed by atoms with Crippen LogP contribution < -0.4 is 5.73 Å². The van der Waals surface area contributed by atoms with Crippen LogP contribution in [0.5, 0.6) is 0 Å². The lowest BCUT2D eigenvalue weighted by atomic mass is 11.3. The summed E-state index contributed by atoms with van der Waals surface area (Å²) >= 11 is 0. The van der Waals surface area contributed by atoms with Crippen LogP contribution in [0.25, 0.3) is 0 Å². The fourth-order valence-electron chi connectivity index (χ4n) is 0.0833. The molecule has 66 valence electrons. The SMILES string of the molecule is COC(=O)OC.COC(N)=O. The molecule has 0 rings (SSSR count). The zero-order valence-electron chi connectivity index (χ0n) is 6.62. The van der Waals surface area contributed by atoms with Crippen molar-refractivity contribution in [2.45, 2.75) is 0 Å². The molecule has 0 atom stereocenters. The predicted octanol–water partition coefficient (Wildman–Crippen LogP) is 0.111. The second kappa shape index (κ2) is 8.54. The van der Waals surface area contributed by atoms with Gasteiger partial charge in [0.1, 0.15) is 0 Å². The molecule has 0 aromatic carbocycles. The largest absolute Gasteiger partial charge is 0.507 e. The Morgan fingerprint density at radius 1 is 1.00 bits per heavy atom. The maximum absolute atomic E-state index is 9.74. The number of methoxy groups -OCH3 is 3. The van der Waals surface area contributed by atoms with E-state index >= 15 is 0 Å². The summed E-state index contributed by atoms with van der Waals surface area (Å²) in [4.78, 5) is 19.1. The van der Waals surface area contributed by atoms with Crippen LogP contribution in [-0.4, -0.2) is 33.6 Å². The lowest BCUT2D eigenvalue weighted by Crippen LogP contribution is -2.08. The van der Waals surface area contributed by atoms with Crippen LogP contribution in [0.1, 0.15) is 0 Å². The average Bonchev–Trinajstić information content (AvgIpc) is 2.04. The van der Waals surface area contributed by atoms with Gasteiger partial charge >= 0.3 is 12.2 Å². The quantitative estimate of drug-likeness (QED) is 0.514. The fourth-order valence-corrected chi connectivity index (χ4v) is 0.0833. The van der Waals surface area contributed by atoms with Crippen molar-refractivity contribution in [1.82, 2.24) is 0 Å². The summed E-state index contributed by atoms with van der Waals surface area (Å²) in [6.45, 7) is 0. The summed E-state index contributed by atoms with van der Waals surface area (Å²) in [6.07, 6.45) is -1.40. The van der Waals surface area contributed by atoms with Crippen molar-refractivity contribution in [1.29, 1.82) is 0 Å². The molecule has 0 aliphatic heterocycles. The van der Waals surface area contributed by atoms with Crippen molar-refractivity contribution >= 4 is 12.2 Å². The normalized spacial score (nSPS) is 6.82. The van der Waals surface area contributed by atoms with Crippen molar-refractivity contribution in [3.8, 4) is 0 Å². The Bertz CT molecular complexity index is 118. The number of hydrogen-bond acceptors (Lipinski definition) is 5. The molecule has 0 radical (unpaired) electrons. The van der Waals surface area contributed by atoms with Crippen LogP contribution in [-0.2, 0) is 14.2 Å². The molecule has 0 aromatic rings. The minimum Gasteiger partial charge on any atom is -0.453 e. The first kappa shape index (κ1) is 12.2. The van der Waals surface area contributed by atoms with Crippen LogP contribution in [0.4, 0.5) is 9.59 Å². The van der Waals surface area contributed by atoms with Gasteiger partial charge in [-0.15, -0.1) is 0 Å². The second-order valence-electron chi connectivity index (χ2n) is 1.18. The highest BCUT2D eigenvalue weighted by molar-refractivity contribution is 5.64. The van der Waals surface area contributed by atoms with E-state index in [1.165, 1.54) is 21.3 Å². The van der Waals surface area contributed by atoms with Gasteiger partial charge in [0.05, 0.1) is 21.3 Å². The summed E-state index contributed by atoms with van der Waals surface area (Å²) in [5.74, 6) is 0. The van der Waals surface area contributed by atoms with Crippen LogP contribution >= 0.6 is 0 Å². The number of nitrogens with two attached hydrogens (primary N) is 1. The third-order valence-electron chi connectivity index (χ3n) is 0.535. The average molecular weight is 165 g/mol. The maximum Gasteiger partial charge on any atom is 0.507 e. The number of amides is 1. The molecular weight excluding hydrogens is 154 g/mol. The van der Waals surface area contributed by atoms with Gasteiger partial charge in [0.2, 0.25) is 0 Å². The Hall–Kier alpha value is -1.46. The molecule has 0 spiro atoms. The van der Waals surface area contributed by atoms with Crippen LogP contribution in [0.3, 0.4) is 0 Å². The maximum atomic E-state index is 9.74. The van der Waals surface area contributed by atoms with E-state index in [9.17, 15) is 9.59 Å². The van der Waals surface area contributed by atoms with E-state index < -0.39 is 12.2 Å². The Labute approximate surface area is 64.2 Å². The van der Waals surface area contributed by atoms with Crippen LogP contribution in [0.15, 0.2) is 0 Å². The van der Waals surface area contributed by atoms with Crippen LogP contribution in [0.2, 0.25) is 0 Å². The molecule has 0 aliphatic carbocycles. The highest BCUT2D eigenvalue weighted by Gasteiger charge is 1.88. The molecule has 6 heteroatoms. The molecule has 11 heavy (non-hydrogen) atoms. The Kier molecular flexibility index (Phi) is 9.50. The van der Waals surface area contributed by atoms with Crippen molar-refractivity contribution in [3.05, 3.63) is 0 Å². The smallest absolute Gasteiger partial charge is 0.453 e. The standard InChI is InChI=1S/C3H6O3.C2H5NO2/c1-5-3(4)6-2;1-5-2(3)4/h1-2H3;1H3,(H2,3,4). The van der Waals surface area contributed by atoms with Gasteiger partial charge in [0, 0.05) is 0 Å². The van der Waals surface area contributed by atoms with Gasteiger partial charge in [0.15, 0.2) is 0 Å². The number of carbonyl (C=O) groups excluding carboxylic acids is 2. The Balaban J connectivity index is 0. The van der Waals surface area contributed by atoms with E-state index in [0.29, 0.717) is 0 Å². The monoisotopic (exact) mass is 165 g/mol. The molecule has 0 fully saturated rings. The topological polar surface area (TPSA) is 87.8 Å². The molecule has 6 nitrogen and oxygen atoms in total. The Morgan fingerprint density at radius 3 is 1.27 bits per heavy atom. The van der Waals surface area contributed by atoms with Gasteiger partial charge in [-0.05, 0) is 0 Å². The molecule has 0 heterocycles. The van der Waals surface area contributed by atoms with Gasteiger partial charge in [0.25, 0.3) is 0 Å². The summed E-state index contributed by atoms with van der Waals surface area (Å²) < 4.78 is 12.0. The highest BCUT2D eigenvalue weighted by Crippen LogP contribution is 1.72. The second-order valence-corrected chi connectivity index (χ2v) is 1.18. The molecule has 0 aliphatic rings. The van der Waals surface area contributed by atoms with Gasteiger partial charge in [-0.1, -0.05) is 0 Å². The number of primary amides is 1. The summed E-state index contributed by atoms with van der Waals surface area (Å²) in [7, 11) is 3.74. The van der Waals surface area contributed by atoms with Gasteiger partial charge < -0.3 is 19.9 Å². The van der Waals surface area contributed by atoms with E-state index in [-0.39, 0.29) is 0 Å². The number of ether oxygens (including phenoxy) is 3. The first-order valence-electron chi connectivity index (χ1n) is 2.53. The van der Waals surface area contributed by atoms with E-state index in [1.807, 2.05) is 0 Å². The van der Waals surface area contributed by atoms with E-state index in [1.54, 1.807) is 0 Å². The van der Waals surface area contributed by atoms with Crippen molar-refractivity contribution in [3.63, 3.8) is 0 Å². The number of carbonyl (C=O) groups is 2. The van der Waals surface area contributed by atoms with Crippen LogP contribution in [0, 0.1) is 0 Å². The molecule has 0 aromatic heterocycles. The van der Waals surface area contributed by atoms with Gasteiger partial charge in [-0.25, -0.2) is 9.59 Å². The summed E-state index contributed by atoms with van der Waals surface area (Å²) in [5.41, 5.74) is 4.43. The van der Waals surface area contributed by atoms with E-state index in [2.05, 4.69) is 19.9 Å². The summed E-state index contributed by atoms with van der Waals surface area (Å²) in [6, 6.07) is 0. The minimum atomic E-state index is -0.745. The molecule has 0 bridgehead atoms. The minimum absolute atomic E-state index is 0.657.